The fraction of sp³-hybridized carbons (Fsp3) is 0.808. The maximum Gasteiger partial charge on any atom is 0.309 e. The molecule has 7 N–H and O–H groups in total. The van der Waals surface area contributed by atoms with Gasteiger partial charge in [0, 0.05) is 5.92 Å². The predicted octanol–water partition coefficient (Wildman–Crippen LogP) is -2.14. The van der Waals surface area contributed by atoms with Gasteiger partial charge in [-0.25, -0.2) is 0 Å². The molecule has 222 valence electrons. The zero-order chi connectivity index (χ0) is 28.6. The van der Waals surface area contributed by atoms with Crippen molar-refractivity contribution in [2.75, 3.05) is 19.8 Å². The summed E-state index contributed by atoms with van der Waals surface area (Å²) in [6, 6.07) is 0. The number of aliphatic hydroxyl groups is 7. The summed E-state index contributed by atoms with van der Waals surface area (Å²) >= 11 is 0. The monoisotopic (exact) mass is 560 g/mol. The Morgan fingerprint density at radius 1 is 1.08 bits per heavy atom. The summed E-state index contributed by atoms with van der Waals surface area (Å²) in [5, 5.41) is 71.9. The van der Waals surface area contributed by atoms with E-state index >= 15 is 0 Å². The third kappa shape index (κ3) is 6.23. The average molecular weight is 561 g/mol. The highest BCUT2D eigenvalue weighted by Crippen LogP contribution is 2.39. The number of aliphatic hydroxyl groups excluding tert-OH is 6. The van der Waals surface area contributed by atoms with E-state index < -0.39 is 98.0 Å². The molecular weight excluding hydrogens is 520 g/mol. The van der Waals surface area contributed by atoms with Crippen molar-refractivity contribution in [2.24, 2.45) is 11.8 Å². The summed E-state index contributed by atoms with van der Waals surface area (Å²) in [5.41, 5.74) is -0.393. The quantitative estimate of drug-likeness (QED) is 0.137. The molecule has 4 aliphatic rings. The molecule has 0 aromatic carbocycles. The van der Waals surface area contributed by atoms with Gasteiger partial charge in [-0.2, -0.15) is 0 Å². The minimum Gasteiger partial charge on any atom is -0.457 e. The van der Waals surface area contributed by atoms with Gasteiger partial charge < -0.3 is 59.4 Å². The number of fused-ring (bicyclic) bond motifs is 1. The van der Waals surface area contributed by atoms with E-state index in [4.69, 9.17) is 23.7 Å². The van der Waals surface area contributed by atoms with Crippen molar-refractivity contribution in [3.05, 3.63) is 23.3 Å². The van der Waals surface area contributed by atoms with Crippen molar-refractivity contribution >= 4 is 5.97 Å². The largest absolute Gasteiger partial charge is 0.457 e. The van der Waals surface area contributed by atoms with E-state index in [1.807, 2.05) is 13.0 Å². The lowest BCUT2D eigenvalue weighted by molar-refractivity contribution is -0.322. The average Bonchev–Trinajstić information content (AvgIpc) is 3.35. The second-order valence-electron chi connectivity index (χ2n) is 11.1. The van der Waals surface area contributed by atoms with Gasteiger partial charge in [-0.3, -0.25) is 4.79 Å². The van der Waals surface area contributed by atoms with Crippen LogP contribution in [0.5, 0.6) is 0 Å². The summed E-state index contributed by atoms with van der Waals surface area (Å²) in [5.74, 6) is -1.51. The first-order valence-corrected chi connectivity index (χ1v) is 13.2. The highest BCUT2D eigenvalue weighted by atomic mass is 16.7. The summed E-state index contributed by atoms with van der Waals surface area (Å²) in [6.07, 6.45) is -8.36. The van der Waals surface area contributed by atoms with Crippen LogP contribution in [0.2, 0.25) is 0 Å². The number of ether oxygens (including phenoxy) is 5. The van der Waals surface area contributed by atoms with Crippen molar-refractivity contribution in [3.63, 3.8) is 0 Å². The molecule has 13 heteroatoms. The molecule has 3 aliphatic heterocycles. The molecule has 0 bridgehead atoms. The fourth-order valence-corrected chi connectivity index (χ4v) is 5.45. The van der Waals surface area contributed by atoms with Gasteiger partial charge in [0.15, 0.2) is 12.6 Å². The molecule has 0 aromatic rings. The second kappa shape index (κ2) is 12.2. The molecule has 0 unspecified atom stereocenters. The molecule has 1 aliphatic carbocycles. The van der Waals surface area contributed by atoms with Crippen molar-refractivity contribution in [1.29, 1.82) is 0 Å². The number of carbonyl (C=O) groups is 1. The van der Waals surface area contributed by atoms with Crippen LogP contribution in [0.15, 0.2) is 23.3 Å². The number of rotatable bonds is 6. The van der Waals surface area contributed by atoms with Crippen molar-refractivity contribution in [2.45, 2.75) is 101 Å². The molecule has 13 atom stereocenters. The lowest BCUT2D eigenvalue weighted by Gasteiger charge is -2.42. The van der Waals surface area contributed by atoms with Gasteiger partial charge in [0.05, 0.1) is 37.9 Å². The smallest absolute Gasteiger partial charge is 0.309 e. The summed E-state index contributed by atoms with van der Waals surface area (Å²) in [4.78, 5) is 12.5. The highest BCUT2D eigenvalue weighted by molar-refractivity contribution is 5.75. The first kappa shape index (κ1) is 30.5. The standard InChI is InChI=1S/C26H40O13/c1-11-4-5-14(28)12(2)7-16-18(13(3)23(33)37-16)15(6-11)38-24-21(31)20(30)19(29)17(39-24)8-35-25-22(32)26(34,9-27)10-36-25/h4,7,13-22,24-25,27-32,34H,5-6,8-10H2,1-3H3/b11-4-,12-7?/t13-,14-,15-,16+,17+,18+,19+,20-,21+,22-,24+,25+,26+/m0/s1. The van der Waals surface area contributed by atoms with Gasteiger partial charge in [0.2, 0.25) is 0 Å². The second-order valence-corrected chi connectivity index (χ2v) is 11.1. The maximum absolute atomic E-state index is 12.5. The van der Waals surface area contributed by atoms with Crippen LogP contribution in [0.4, 0.5) is 0 Å². The van der Waals surface area contributed by atoms with E-state index in [0.717, 1.165) is 5.57 Å². The molecule has 0 amide bonds. The first-order chi connectivity index (χ1) is 18.4. The van der Waals surface area contributed by atoms with Gasteiger partial charge >= 0.3 is 5.97 Å². The molecular formula is C26H40O13. The van der Waals surface area contributed by atoms with E-state index in [-0.39, 0.29) is 6.61 Å². The summed E-state index contributed by atoms with van der Waals surface area (Å²) in [6.45, 7) is 3.77. The summed E-state index contributed by atoms with van der Waals surface area (Å²) in [7, 11) is 0. The van der Waals surface area contributed by atoms with E-state index in [0.29, 0.717) is 18.4 Å². The predicted molar refractivity (Wildman–Crippen MR) is 131 cm³/mol. The van der Waals surface area contributed by atoms with Gasteiger partial charge in [0.1, 0.15) is 42.2 Å². The van der Waals surface area contributed by atoms with Crippen LogP contribution in [0.1, 0.15) is 33.6 Å². The number of hydrogen-bond acceptors (Lipinski definition) is 13. The first-order valence-electron chi connectivity index (χ1n) is 13.2. The zero-order valence-corrected chi connectivity index (χ0v) is 22.2. The van der Waals surface area contributed by atoms with Crippen LogP contribution in [-0.2, 0) is 28.5 Å². The zero-order valence-electron chi connectivity index (χ0n) is 22.2. The van der Waals surface area contributed by atoms with E-state index in [1.165, 1.54) is 0 Å². The van der Waals surface area contributed by atoms with Crippen LogP contribution in [0.25, 0.3) is 0 Å². The Morgan fingerprint density at radius 3 is 2.46 bits per heavy atom. The highest BCUT2D eigenvalue weighted by Gasteiger charge is 2.52. The Kier molecular flexibility index (Phi) is 9.51. The minimum atomic E-state index is -1.91. The molecule has 3 saturated heterocycles. The Bertz CT molecular complexity index is 939. The molecule has 3 fully saturated rings. The van der Waals surface area contributed by atoms with Gasteiger partial charge in [-0.1, -0.05) is 18.6 Å². The van der Waals surface area contributed by atoms with Crippen LogP contribution in [0.3, 0.4) is 0 Å². The van der Waals surface area contributed by atoms with E-state index in [1.54, 1.807) is 19.9 Å². The molecule has 4 rings (SSSR count). The minimum absolute atomic E-state index is 0.315. The number of esters is 1. The van der Waals surface area contributed by atoms with Crippen LogP contribution >= 0.6 is 0 Å². The molecule has 0 spiro atoms. The van der Waals surface area contributed by atoms with Crippen LogP contribution < -0.4 is 0 Å². The normalized spacial score (nSPS) is 48.6. The van der Waals surface area contributed by atoms with Crippen LogP contribution in [0, 0.1) is 11.8 Å². The maximum atomic E-state index is 12.5. The van der Waals surface area contributed by atoms with Gasteiger partial charge in [0.25, 0.3) is 0 Å². The Balaban J connectivity index is 1.51. The summed E-state index contributed by atoms with van der Waals surface area (Å²) < 4.78 is 28.3. The molecule has 3 heterocycles. The Labute approximate surface area is 226 Å². The van der Waals surface area contributed by atoms with Crippen LogP contribution in [-0.4, -0.2) is 129 Å². The molecule has 0 saturated carbocycles. The van der Waals surface area contributed by atoms with Crippen molar-refractivity contribution in [1.82, 2.24) is 0 Å². The molecule has 0 aromatic heterocycles. The topological polar surface area (TPSA) is 205 Å². The number of hydrogen-bond donors (Lipinski definition) is 7. The van der Waals surface area contributed by atoms with Crippen molar-refractivity contribution in [3.8, 4) is 0 Å². The molecule has 0 radical (unpaired) electrons. The van der Waals surface area contributed by atoms with Gasteiger partial charge in [-0.15, -0.1) is 0 Å². The SMILES string of the molecule is CC1=C[C@H]2OC(=O)[C@@H](C)[C@@H]2[C@@H](O[C@@H]2O[C@H](CO[C@@H]3OC[C@](O)(CO)[C@H]3O)[C@@H](O)[C@H](O)[C@H]2O)C/C(C)=C\C[C@@H]1O. The third-order valence-electron chi connectivity index (χ3n) is 8.16. The van der Waals surface area contributed by atoms with E-state index in [2.05, 4.69) is 0 Å². The Hall–Kier alpha value is -1.49. The Morgan fingerprint density at radius 2 is 1.79 bits per heavy atom. The van der Waals surface area contributed by atoms with Gasteiger partial charge in [-0.05, 0) is 38.3 Å². The lowest BCUT2D eigenvalue weighted by atomic mass is 9.82. The van der Waals surface area contributed by atoms with Crippen molar-refractivity contribution < 1.29 is 64.2 Å². The molecule has 39 heavy (non-hydrogen) atoms. The number of carbonyl (C=O) groups excluding carboxylic acids is 1. The third-order valence-corrected chi connectivity index (χ3v) is 8.16. The lowest BCUT2D eigenvalue weighted by Crippen LogP contribution is -2.60. The fourth-order valence-electron chi connectivity index (χ4n) is 5.45. The van der Waals surface area contributed by atoms with E-state index in [9.17, 15) is 40.5 Å². The molecule has 13 nitrogen and oxygen atoms in total.